The first-order valence-corrected chi connectivity index (χ1v) is 8.08. The van der Waals surface area contributed by atoms with Crippen LogP contribution in [0.4, 0.5) is 19.0 Å². The molecule has 10 heteroatoms. The number of H-pyrrole nitrogens is 1. The summed E-state index contributed by atoms with van der Waals surface area (Å²) < 4.78 is 37.4. The van der Waals surface area contributed by atoms with Crippen molar-refractivity contribution >= 4 is 22.8 Å². The van der Waals surface area contributed by atoms with Crippen molar-refractivity contribution in [2.24, 2.45) is 0 Å². The minimum absolute atomic E-state index is 0. The van der Waals surface area contributed by atoms with Gasteiger partial charge in [-0.3, -0.25) is 4.79 Å². The molecule has 1 amide bonds. The van der Waals surface area contributed by atoms with Gasteiger partial charge in [0.2, 0.25) is 5.91 Å². The number of hydrogen-bond acceptors (Lipinski definition) is 5. The highest BCUT2D eigenvalue weighted by Gasteiger charge is 2.32. The van der Waals surface area contributed by atoms with Gasteiger partial charge in [-0.2, -0.15) is 13.2 Å². The van der Waals surface area contributed by atoms with Crippen molar-refractivity contribution in [1.29, 1.82) is 0 Å². The first-order valence-electron chi connectivity index (χ1n) is 8.08. The highest BCUT2D eigenvalue weighted by atomic mass is 19.4. The minimum atomic E-state index is -4.45. The largest absolute Gasteiger partial charge is 0.406 e. The lowest BCUT2D eigenvalue weighted by atomic mass is 10.2. The molecule has 27 heavy (non-hydrogen) atoms. The van der Waals surface area contributed by atoms with Crippen LogP contribution in [0, 0.1) is 0 Å². The van der Waals surface area contributed by atoms with Gasteiger partial charge in [-0.1, -0.05) is 0 Å². The number of halogens is 3. The highest BCUT2D eigenvalue weighted by molar-refractivity contribution is 5.91. The molecule has 0 fully saturated rings. The third-order valence-electron chi connectivity index (χ3n) is 3.88. The smallest absolute Gasteiger partial charge is 0.359 e. The lowest BCUT2D eigenvalue weighted by Gasteiger charge is -2.23. The van der Waals surface area contributed by atoms with Crippen LogP contribution < -0.4 is 5.32 Å². The fourth-order valence-corrected chi connectivity index (χ4v) is 2.67. The Bertz CT molecular complexity index is 961. The number of nitrogens with one attached hydrogen (secondary N) is 2. The molecule has 0 bridgehead atoms. The number of amides is 1. The van der Waals surface area contributed by atoms with E-state index < -0.39 is 24.7 Å². The number of anilines is 1. The third-order valence-corrected chi connectivity index (χ3v) is 3.88. The van der Waals surface area contributed by atoms with Gasteiger partial charge in [0.05, 0.1) is 0 Å². The van der Waals surface area contributed by atoms with E-state index in [1.54, 1.807) is 24.5 Å². The topological polar surface area (TPSA) is 86.8 Å². The fraction of sp³-hybridized carbons (Fsp3) is 0.294. The van der Waals surface area contributed by atoms with Crippen molar-refractivity contribution in [3.63, 3.8) is 0 Å². The second-order valence-electron chi connectivity index (χ2n) is 6.04. The Morgan fingerprint density at radius 2 is 2.11 bits per heavy atom. The van der Waals surface area contributed by atoms with Gasteiger partial charge in [-0.15, -0.1) is 0 Å². The molecule has 3 heterocycles. The van der Waals surface area contributed by atoms with Gasteiger partial charge in [0.1, 0.15) is 24.1 Å². The number of rotatable bonds is 5. The lowest BCUT2D eigenvalue weighted by Crippen LogP contribution is -2.43. The van der Waals surface area contributed by atoms with Crippen LogP contribution >= 0.6 is 0 Å². The number of aromatic nitrogens is 4. The normalized spacial score (nSPS) is 12.8. The maximum atomic E-state index is 12.5. The van der Waals surface area contributed by atoms with E-state index in [1.807, 2.05) is 6.07 Å². The van der Waals surface area contributed by atoms with E-state index in [0.717, 1.165) is 18.0 Å². The molecule has 0 aliphatic rings. The molecule has 0 spiro atoms. The maximum absolute atomic E-state index is 12.5. The van der Waals surface area contributed by atoms with Gasteiger partial charge in [-0.25, -0.2) is 15.0 Å². The van der Waals surface area contributed by atoms with Gasteiger partial charge >= 0.3 is 6.18 Å². The zero-order valence-corrected chi connectivity index (χ0v) is 14.6. The van der Waals surface area contributed by atoms with Crippen LogP contribution in [0.5, 0.6) is 0 Å². The molecule has 144 valence electrons. The molecule has 0 aromatic carbocycles. The molecule has 0 radical (unpaired) electrons. The summed E-state index contributed by atoms with van der Waals surface area (Å²) in [7, 11) is 1.11. The molecule has 2 N–H and O–H groups in total. The summed E-state index contributed by atoms with van der Waals surface area (Å²) in [5, 5.41) is 3.66. The summed E-state index contributed by atoms with van der Waals surface area (Å²) in [5.74, 6) is 0.0471. The second-order valence-corrected chi connectivity index (χ2v) is 6.04. The van der Waals surface area contributed by atoms with Crippen LogP contribution in [0.2, 0.25) is 0 Å². The molecule has 0 aliphatic carbocycles. The number of alkyl halides is 3. The summed E-state index contributed by atoms with van der Waals surface area (Å²) in [4.78, 5) is 28.6. The van der Waals surface area contributed by atoms with E-state index in [-0.39, 0.29) is 1.43 Å². The number of pyridine rings is 1. The van der Waals surface area contributed by atoms with E-state index in [2.05, 4.69) is 25.3 Å². The van der Waals surface area contributed by atoms with E-state index in [9.17, 15) is 18.0 Å². The summed E-state index contributed by atoms with van der Waals surface area (Å²) in [6.07, 6.45) is 0.445. The van der Waals surface area contributed by atoms with Crippen LogP contribution in [0.1, 0.15) is 8.35 Å². The van der Waals surface area contributed by atoms with Crippen LogP contribution in [-0.4, -0.2) is 56.6 Å². The summed E-state index contributed by atoms with van der Waals surface area (Å²) >= 11 is 0. The number of carbonyl (C=O) groups excluding carboxylic acids is 1. The Labute approximate surface area is 154 Å². The van der Waals surface area contributed by atoms with Crippen molar-refractivity contribution in [2.45, 2.75) is 19.1 Å². The van der Waals surface area contributed by atoms with E-state index in [1.165, 1.54) is 13.1 Å². The lowest BCUT2D eigenvalue weighted by molar-refractivity contribution is -0.158. The maximum Gasteiger partial charge on any atom is 0.406 e. The summed E-state index contributed by atoms with van der Waals surface area (Å²) in [5.41, 5.74) is 1.42. The summed E-state index contributed by atoms with van der Waals surface area (Å²) in [6.45, 7) is 0.168. The van der Waals surface area contributed by atoms with Gasteiger partial charge in [0.25, 0.3) is 0 Å². The Morgan fingerprint density at radius 3 is 2.85 bits per heavy atom. The van der Waals surface area contributed by atoms with E-state index in [0.29, 0.717) is 22.2 Å². The molecule has 3 rings (SSSR count). The molecule has 1 atom stereocenters. The van der Waals surface area contributed by atoms with Crippen molar-refractivity contribution in [1.82, 2.24) is 24.8 Å². The molecule has 7 nitrogen and oxygen atoms in total. The van der Waals surface area contributed by atoms with Gasteiger partial charge in [0.15, 0.2) is 5.82 Å². The average molecular weight is 380 g/mol. The van der Waals surface area contributed by atoms with Crippen molar-refractivity contribution in [2.75, 3.05) is 18.9 Å². The minimum Gasteiger partial charge on any atom is -0.359 e. The van der Waals surface area contributed by atoms with Crippen LogP contribution in [0.3, 0.4) is 0 Å². The molecule has 3 aromatic heterocycles. The quantitative estimate of drug-likeness (QED) is 0.710. The van der Waals surface area contributed by atoms with Crippen LogP contribution in [-0.2, 0) is 4.79 Å². The summed E-state index contributed by atoms with van der Waals surface area (Å²) in [6, 6.07) is 4.32. The van der Waals surface area contributed by atoms with Crippen molar-refractivity contribution in [3.8, 4) is 11.4 Å². The average Bonchev–Trinajstić information content (AvgIpc) is 3.04. The molecule has 0 saturated carbocycles. The molecule has 0 unspecified atom stereocenters. The first kappa shape index (κ1) is 18.6. The Morgan fingerprint density at radius 1 is 1.33 bits per heavy atom. The third kappa shape index (κ3) is 4.33. The van der Waals surface area contributed by atoms with Gasteiger partial charge < -0.3 is 15.2 Å². The Balaban J connectivity index is 0.00000280. The van der Waals surface area contributed by atoms with Gasteiger partial charge in [-0.05, 0) is 25.1 Å². The van der Waals surface area contributed by atoms with Crippen LogP contribution in [0.25, 0.3) is 22.4 Å². The number of nitrogens with zero attached hydrogens (tertiary/aromatic N) is 4. The number of carbonyl (C=O) groups is 1. The standard InChI is InChI=1S/C17H17F3N6O.H2/c1-10(16(27)26(2)9-17(18,19)20)24-13-5-7-22-15(25-13)12-8-23-14-11(12)4-3-6-21-14;/h3-8,10H,9H2,1-2H3,(H,21,23)(H,22,24,25);1H/t10-;/m1./s1. The zero-order chi connectivity index (χ0) is 19.6. The predicted molar refractivity (Wildman–Crippen MR) is 96.0 cm³/mol. The first-order chi connectivity index (χ1) is 12.7. The van der Waals surface area contributed by atoms with Crippen molar-refractivity contribution in [3.05, 3.63) is 36.8 Å². The van der Waals surface area contributed by atoms with Crippen molar-refractivity contribution < 1.29 is 19.4 Å². The monoisotopic (exact) mass is 380 g/mol. The molecule has 0 aliphatic heterocycles. The Hall–Kier alpha value is -3.17. The van der Waals surface area contributed by atoms with Crippen LogP contribution in [0.15, 0.2) is 36.8 Å². The molecular weight excluding hydrogens is 361 g/mol. The highest BCUT2D eigenvalue weighted by Crippen LogP contribution is 2.25. The van der Waals surface area contributed by atoms with E-state index in [4.69, 9.17) is 0 Å². The second kappa shape index (κ2) is 7.22. The molecule has 0 saturated heterocycles. The van der Waals surface area contributed by atoms with Gasteiger partial charge in [0, 0.05) is 38.0 Å². The number of aromatic amines is 1. The number of fused-ring (bicyclic) bond motifs is 1. The Kier molecular flexibility index (Phi) is 4.98. The zero-order valence-electron chi connectivity index (χ0n) is 14.6. The number of hydrogen-bond donors (Lipinski definition) is 2. The predicted octanol–water partition coefficient (Wildman–Crippen LogP) is 3.09. The fourth-order valence-electron chi connectivity index (χ4n) is 2.67. The molecular formula is C17H19F3N6O. The molecule has 3 aromatic rings. The van der Waals surface area contributed by atoms with E-state index >= 15 is 0 Å². The SMILES string of the molecule is C[C@@H](Nc1ccnc(-c2c[nH]c3ncccc23)n1)C(=O)N(C)CC(F)(F)F.[HH]. The number of likely N-dealkylation sites (N-methyl/N-ethyl adjacent to an activating group) is 1.